The van der Waals surface area contributed by atoms with E-state index in [9.17, 15) is 9.90 Å². The number of aliphatic hydroxyl groups excluding tert-OH is 1. The second-order valence-electron chi connectivity index (χ2n) is 12.9. The highest BCUT2D eigenvalue weighted by Crippen LogP contribution is 2.43. The predicted octanol–water partition coefficient (Wildman–Crippen LogP) is 9.12. The van der Waals surface area contributed by atoms with E-state index < -0.39 is 6.10 Å². The van der Waals surface area contributed by atoms with Crippen molar-refractivity contribution in [3.05, 3.63) is 54.6 Å². The maximum absolute atomic E-state index is 12.8. The number of unbranched alkanes of at least 4 members (excludes halogenated alkanes) is 11. The monoisotopic (exact) mass is 604 g/mol. The number of rotatable bonds is 20. The molecule has 2 bridgehead atoms. The van der Waals surface area contributed by atoms with Crippen LogP contribution in [0.4, 0.5) is 0 Å². The fraction of sp³-hybridized carbons (Fsp3) is 0.632. The summed E-state index contributed by atoms with van der Waals surface area (Å²) < 4.78 is 11.2. The first-order chi connectivity index (χ1) is 21.5. The maximum Gasteiger partial charge on any atom is 0.312 e. The number of allylic oxidation sites excluding steroid dienone is 2. The molecule has 3 aliphatic rings. The molecule has 0 saturated carbocycles. The van der Waals surface area contributed by atoms with Crippen molar-refractivity contribution in [2.75, 3.05) is 20.2 Å². The van der Waals surface area contributed by atoms with Crippen LogP contribution in [-0.4, -0.2) is 47.2 Å². The molecule has 0 amide bonds. The third kappa shape index (κ3) is 9.90. The Bertz CT molecular complexity index is 1210. The van der Waals surface area contributed by atoms with Crippen molar-refractivity contribution in [3.8, 4) is 11.6 Å². The van der Waals surface area contributed by atoms with Crippen LogP contribution in [0.1, 0.15) is 121 Å². The number of pyridine rings is 1. The minimum absolute atomic E-state index is 0.0149. The molecule has 6 heteroatoms. The smallest absolute Gasteiger partial charge is 0.312 e. The van der Waals surface area contributed by atoms with Gasteiger partial charge in [-0.15, -0.1) is 6.58 Å². The van der Waals surface area contributed by atoms with E-state index in [1.54, 1.807) is 13.2 Å². The van der Waals surface area contributed by atoms with Crippen molar-refractivity contribution in [1.82, 2.24) is 9.88 Å². The van der Waals surface area contributed by atoms with Crippen LogP contribution in [0.15, 0.2) is 49.1 Å². The highest BCUT2D eigenvalue weighted by atomic mass is 16.5. The third-order valence-corrected chi connectivity index (χ3v) is 9.72. The molecule has 242 valence electrons. The van der Waals surface area contributed by atoms with Crippen molar-refractivity contribution >= 4 is 16.9 Å². The van der Waals surface area contributed by atoms with E-state index in [4.69, 9.17) is 9.47 Å². The lowest BCUT2D eigenvalue weighted by molar-refractivity contribution is -0.134. The summed E-state index contributed by atoms with van der Waals surface area (Å²) in [6, 6.07) is 7.41. The Kier molecular flexibility index (Phi) is 14.2. The van der Waals surface area contributed by atoms with Crippen molar-refractivity contribution in [2.45, 2.75) is 122 Å². The SMILES string of the molecule is C=C[C@H]1CN2CCC1C[C@H]2[C@H](O)c1cc(OC(=O)CCCCCCC/C=C\CCCCCCCC)nc2ccc(OC)cc12. The molecule has 4 heterocycles. The Morgan fingerprint density at radius 3 is 2.41 bits per heavy atom. The molecule has 3 fully saturated rings. The second kappa shape index (κ2) is 18.3. The molecular weight excluding hydrogens is 548 g/mol. The average Bonchev–Trinajstić information content (AvgIpc) is 3.05. The maximum atomic E-state index is 12.8. The molecule has 1 N–H and O–H groups in total. The van der Waals surface area contributed by atoms with E-state index in [0.717, 1.165) is 62.6 Å². The summed E-state index contributed by atoms with van der Waals surface area (Å²) in [6.45, 7) is 8.21. The number of aromatic nitrogens is 1. The van der Waals surface area contributed by atoms with Gasteiger partial charge >= 0.3 is 5.97 Å². The lowest BCUT2D eigenvalue weighted by Gasteiger charge is -2.50. The van der Waals surface area contributed by atoms with Gasteiger partial charge in [-0.1, -0.05) is 76.5 Å². The van der Waals surface area contributed by atoms with Gasteiger partial charge in [0.25, 0.3) is 0 Å². The Balaban J connectivity index is 1.23. The topological polar surface area (TPSA) is 71.9 Å². The van der Waals surface area contributed by atoms with Gasteiger partial charge in [0.05, 0.1) is 18.7 Å². The number of methoxy groups -OCH3 is 1. The number of hydrogen-bond acceptors (Lipinski definition) is 6. The molecule has 1 aromatic heterocycles. The van der Waals surface area contributed by atoms with Gasteiger partial charge in [0.2, 0.25) is 5.88 Å². The number of carbonyl (C=O) groups excluding carboxylic acids is 1. The van der Waals surface area contributed by atoms with Crippen LogP contribution < -0.4 is 9.47 Å². The van der Waals surface area contributed by atoms with E-state index in [0.29, 0.717) is 29.5 Å². The fourth-order valence-electron chi connectivity index (χ4n) is 7.05. The van der Waals surface area contributed by atoms with Crippen LogP contribution in [0, 0.1) is 11.8 Å². The van der Waals surface area contributed by atoms with Gasteiger partial charge in [-0.05, 0) is 87.1 Å². The average molecular weight is 605 g/mol. The first-order valence-electron chi connectivity index (χ1n) is 17.4. The Morgan fingerprint density at radius 2 is 1.75 bits per heavy atom. The zero-order valence-corrected chi connectivity index (χ0v) is 27.4. The van der Waals surface area contributed by atoms with Gasteiger partial charge < -0.3 is 14.6 Å². The van der Waals surface area contributed by atoms with Crippen molar-refractivity contribution < 1.29 is 19.4 Å². The zero-order valence-electron chi connectivity index (χ0n) is 27.4. The number of carbonyl (C=O) groups is 1. The van der Waals surface area contributed by atoms with Crippen LogP contribution >= 0.6 is 0 Å². The summed E-state index contributed by atoms with van der Waals surface area (Å²) >= 11 is 0. The van der Waals surface area contributed by atoms with Gasteiger partial charge in [0.1, 0.15) is 5.75 Å². The Hall–Kier alpha value is -2.70. The van der Waals surface area contributed by atoms with Crippen LogP contribution in [0.25, 0.3) is 10.9 Å². The number of nitrogens with zero attached hydrogens (tertiary/aromatic N) is 2. The molecule has 6 nitrogen and oxygen atoms in total. The lowest BCUT2D eigenvalue weighted by Crippen LogP contribution is -2.54. The van der Waals surface area contributed by atoms with Crippen molar-refractivity contribution in [3.63, 3.8) is 0 Å². The summed E-state index contributed by atoms with van der Waals surface area (Å²) in [5.74, 6) is 1.73. The normalized spacial score (nSPS) is 22.0. The third-order valence-electron chi connectivity index (χ3n) is 9.72. The summed E-state index contributed by atoms with van der Waals surface area (Å²) in [5.41, 5.74) is 1.43. The molecule has 0 spiro atoms. The number of ether oxygens (including phenoxy) is 2. The van der Waals surface area contributed by atoms with Gasteiger partial charge in [-0.25, -0.2) is 4.98 Å². The van der Waals surface area contributed by atoms with Crippen LogP contribution in [0.3, 0.4) is 0 Å². The van der Waals surface area contributed by atoms with Crippen molar-refractivity contribution in [1.29, 1.82) is 0 Å². The predicted molar refractivity (Wildman–Crippen MR) is 180 cm³/mol. The summed E-state index contributed by atoms with van der Waals surface area (Å²) in [4.78, 5) is 19.8. The number of aliphatic hydroxyl groups is 1. The van der Waals surface area contributed by atoms with E-state index in [1.807, 2.05) is 18.2 Å². The number of hydrogen-bond donors (Lipinski definition) is 1. The molecule has 1 aromatic carbocycles. The Labute approximate surface area is 265 Å². The van der Waals surface area contributed by atoms with E-state index in [2.05, 4.69) is 41.6 Å². The Morgan fingerprint density at radius 1 is 1.05 bits per heavy atom. The number of fused-ring (bicyclic) bond motifs is 4. The lowest BCUT2D eigenvalue weighted by atomic mass is 9.73. The summed E-state index contributed by atoms with van der Waals surface area (Å²) in [5, 5.41) is 12.5. The van der Waals surface area contributed by atoms with Crippen LogP contribution in [-0.2, 0) is 4.79 Å². The molecule has 3 saturated heterocycles. The molecule has 5 atom stereocenters. The van der Waals surface area contributed by atoms with Crippen LogP contribution in [0.5, 0.6) is 11.6 Å². The minimum Gasteiger partial charge on any atom is -0.497 e. The first-order valence-corrected chi connectivity index (χ1v) is 17.4. The second-order valence-corrected chi connectivity index (χ2v) is 12.9. The van der Waals surface area contributed by atoms with Gasteiger partial charge in [-0.3, -0.25) is 9.69 Å². The number of piperidine rings is 3. The standard InChI is InChI=1S/C38H56N2O4/c1-4-6-7-8-9-10-11-12-13-14-15-16-17-18-19-20-37(41)44-36-27-33(32-26-31(43-3)21-22-34(32)39-36)38(42)35-25-30-23-24-40(35)28-29(30)5-2/h5,12-13,21-22,26-27,29-30,35,38,42H,2,4,6-11,14-20,23-25,28H2,1,3H3/b13-12-/t29-,30?,35-,38+/m0/s1. The summed E-state index contributed by atoms with van der Waals surface area (Å²) in [6.07, 6.45) is 24.4. The molecule has 44 heavy (non-hydrogen) atoms. The highest BCUT2D eigenvalue weighted by Gasteiger charge is 2.42. The molecule has 5 rings (SSSR count). The molecule has 3 aliphatic heterocycles. The van der Waals surface area contributed by atoms with Gasteiger partial charge in [0, 0.05) is 30.5 Å². The van der Waals surface area contributed by atoms with Gasteiger partial charge in [-0.2, -0.15) is 0 Å². The highest BCUT2D eigenvalue weighted by molar-refractivity contribution is 5.85. The largest absolute Gasteiger partial charge is 0.497 e. The molecular formula is C38H56N2O4. The van der Waals surface area contributed by atoms with E-state index in [-0.39, 0.29) is 17.9 Å². The first kappa shape index (κ1) is 34.2. The van der Waals surface area contributed by atoms with Crippen molar-refractivity contribution in [2.24, 2.45) is 11.8 Å². The van der Waals surface area contributed by atoms with E-state index in [1.165, 1.54) is 57.8 Å². The summed E-state index contributed by atoms with van der Waals surface area (Å²) in [7, 11) is 1.64. The number of benzene rings is 1. The number of esters is 1. The minimum atomic E-state index is -0.719. The fourth-order valence-corrected chi connectivity index (χ4v) is 7.05. The molecule has 0 radical (unpaired) electrons. The molecule has 2 aromatic rings. The quantitative estimate of drug-likeness (QED) is 0.0923. The van der Waals surface area contributed by atoms with Gasteiger partial charge in [0.15, 0.2) is 0 Å². The zero-order chi connectivity index (χ0) is 31.1. The molecule has 0 aliphatic carbocycles. The van der Waals surface area contributed by atoms with E-state index >= 15 is 0 Å². The van der Waals surface area contributed by atoms with Crippen LogP contribution in [0.2, 0.25) is 0 Å². The molecule has 2 unspecified atom stereocenters.